The summed E-state index contributed by atoms with van der Waals surface area (Å²) in [6.45, 7) is 3.49. The molecular formula is C22H31N3O2. The Morgan fingerprint density at radius 2 is 2.19 bits per heavy atom. The lowest BCUT2D eigenvalue weighted by Gasteiger charge is -2.45. The number of hydrogen-bond acceptors (Lipinski definition) is 3. The van der Waals surface area contributed by atoms with Crippen LogP contribution in [0.2, 0.25) is 0 Å². The van der Waals surface area contributed by atoms with Crippen LogP contribution in [0, 0.1) is 5.92 Å². The summed E-state index contributed by atoms with van der Waals surface area (Å²) in [5.41, 5.74) is 4.18. The zero-order chi connectivity index (χ0) is 19.1. The minimum atomic E-state index is 0.0303. The lowest BCUT2D eigenvalue weighted by Crippen LogP contribution is -2.52. The quantitative estimate of drug-likeness (QED) is 0.881. The predicted octanol–water partition coefficient (Wildman–Crippen LogP) is 2.68. The number of methoxy groups -OCH3 is 1. The molecular weight excluding hydrogens is 338 g/mol. The van der Waals surface area contributed by atoms with Gasteiger partial charge in [-0.2, -0.15) is 0 Å². The van der Waals surface area contributed by atoms with E-state index in [2.05, 4.69) is 60.2 Å². The van der Waals surface area contributed by atoms with Gasteiger partial charge in [0.2, 0.25) is 5.91 Å². The zero-order valence-electron chi connectivity index (χ0n) is 16.9. The lowest BCUT2D eigenvalue weighted by molar-refractivity contribution is -0.128. The van der Waals surface area contributed by atoms with Crippen LogP contribution >= 0.6 is 0 Å². The first-order chi connectivity index (χ1) is 13.0. The molecule has 4 atom stereocenters. The number of amides is 1. The Labute approximate surface area is 161 Å². The largest absolute Gasteiger partial charge is 0.383 e. The number of nitrogens with one attached hydrogen (secondary N) is 1. The summed E-state index contributed by atoms with van der Waals surface area (Å²) in [5, 5.41) is 4.62. The number of likely N-dealkylation sites (tertiary alicyclic amines) is 1. The third-order valence-corrected chi connectivity index (χ3v) is 6.61. The molecule has 1 N–H and O–H groups in total. The average molecular weight is 370 g/mol. The number of carbonyl (C=O) groups excluding carboxylic acids is 1. The maximum absolute atomic E-state index is 13.0. The first-order valence-corrected chi connectivity index (χ1v) is 10.1. The van der Waals surface area contributed by atoms with Crippen LogP contribution in [-0.2, 0) is 23.0 Å². The third kappa shape index (κ3) is 3.17. The fourth-order valence-corrected chi connectivity index (χ4v) is 5.19. The van der Waals surface area contributed by atoms with E-state index in [-0.39, 0.29) is 17.9 Å². The molecule has 1 aliphatic carbocycles. The Balaban J connectivity index is 1.61. The number of aromatic nitrogens is 1. The van der Waals surface area contributed by atoms with Crippen LogP contribution in [0.3, 0.4) is 0 Å². The highest BCUT2D eigenvalue weighted by atomic mass is 16.5. The monoisotopic (exact) mass is 369 g/mol. The van der Waals surface area contributed by atoms with Crippen molar-refractivity contribution in [1.29, 1.82) is 0 Å². The summed E-state index contributed by atoms with van der Waals surface area (Å²) in [6, 6.07) is 7.22. The fourth-order valence-electron chi connectivity index (χ4n) is 5.19. The smallest absolute Gasteiger partial charge is 0.224 e. The van der Waals surface area contributed by atoms with Crippen molar-refractivity contribution < 1.29 is 9.53 Å². The van der Waals surface area contributed by atoms with Crippen molar-refractivity contribution in [3.8, 4) is 0 Å². The van der Waals surface area contributed by atoms with Crippen LogP contribution in [0.5, 0.6) is 0 Å². The summed E-state index contributed by atoms with van der Waals surface area (Å²) in [4.78, 5) is 15.4. The van der Waals surface area contributed by atoms with E-state index in [1.807, 2.05) is 0 Å². The van der Waals surface area contributed by atoms with Crippen molar-refractivity contribution >= 4 is 16.8 Å². The topological polar surface area (TPSA) is 46.5 Å². The lowest BCUT2D eigenvalue weighted by atomic mass is 9.72. The van der Waals surface area contributed by atoms with Crippen LogP contribution in [-0.4, -0.2) is 54.8 Å². The molecule has 146 valence electrons. The van der Waals surface area contributed by atoms with E-state index in [1.165, 1.54) is 22.0 Å². The number of aryl methyl sites for hydroxylation is 1. The molecule has 4 rings (SSSR count). The Morgan fingerprint density at radius 3 is 2.93 bits per heavy atom. The van der Waals surface area contributed by atoms with Gasteiger partial charge < -0.3 is 19.5 Å². The SMILES string of the molecule is CCC(COC)NC(=O)C1CC2c3cccc4c3c(cn4C)CC2N(C)C1. The van der Waals surface area contributed by atoms with Crippen LogP contribution in [0.15, 0.2) is 24.4 Å². The summed E-state index contributed by atoms with van der Waals surface area (Å²) in [7, 11) is 6.00. The number of piperidine rings is 1. The molecule has 27 heavy (non-hydrogen) atoms. The Hall–Kier alpha value is -1.85. The Bertz CT molecular complexity index is 843. The van der Waals surface area contributed by atoms with Gasteiger partial charge in [-0.3, -0.25) is 4.79 Å². The summed E-state index contributed by atoms with van der Waals surface area (Å²) in [6.07, 6.45) is 5.18. The second-order valence-electron chi connectivity index (χ2n) is 8.33. The molecule has 5 heteroatoms. The number of likely N-dealkylation sites (N-methyl/N-ethyl adjacent to an activating group) is 1. The molecule has 1 fully saturated rings. The molecule has 0 spiro atoms. The molecule has 4 unspecified atom stereocenters. The first-order valence-electron chi connectivity index (χ1n) is 10.1. The molecule has 1 saturated heterocycles. The highest BCUT2D eigenvalue weighted by molar-refractivity contribution is 5.89. The number of hydrogen-bond donors (Lipinski definition) is 1. The van der Waals surface area contributed by atoms with Crippen LogP contribution in [0.1, 0.15) is 36.8 Å². The van der Waals surface area contributed by atoms with E-state index in [0.29, 0.717) is 18.6 Å². The molecule has 1 amide bonds. The van der Waals surface area contributed by atoms with E-state index in [9.17, 15) is 4.79 Å². The van der Waals surface area contributed by atoms with Gasteiger partial charge in [-0.05, 0) is 43.5 Å². The minimum absolute atomic E-state index is 0.0303. The highest BCUT2D eigenvalue weighted by Gasteiger charge is 2.41. The van der Waals surface area contributed by atoms with Gasteiger partial charge in [-0.25, -0.2) is 0 Å². The van der Waals surface area contributed by atoms with Crippen molar-refractivity contribution in [2.45, 2.75) is 44.2 Å². The fraction of sp³-hybridized carbons (Fsp3) is 0.591. The van der Waals surface area contributed by atoms with E-state index in [4.69, 9.17) is 4.74 Å². The maximum atomic E-state index is 13.0. The summed E-state index contributed by atoms with van der Waals surface area (Å²) < 4.78 is 7.48. The van der Waals surface area contributed by atoms with Gasteiger partial charge >= 0.3 is 0 Å². The maximum Gasteiger partial charge on any atom is 0.224 e. The van der Waals surface area contributed by atoms with Gasteiger partial charge in [0.05, 0.1) is 18.6 Å². The second-order valence-corrected chi connectivity index (χ2v) is 8.33. The Morgan fingerprint density at radius 1 is 1.37 bits per heavy atom. The van der Waals surface area contributed by atoms with Crippen molar-refractivity contribution in [3.63, 3.8) is 0 Å². The first kappa shape index (κ1) is 18.5. The molecule has 2 aliphatic rings. The molecule has 1 aliphatic heterocycles. The Kier molecular flexibility index (Phi) is 4.99. The van der Waals surface area contributed by atoms with Crippen molar-refractivity contribution in [1.82, 2.24) is 14.8 Å². The van der Waals surface area contributed by atoms with E-state index in [0.717, 1.165) is 25.8 Å². The molecule has 0 bridgehead atoms. The van der Waals surface area contributed by atoms with Gasteiger partial charge in [0.25, 0.3) is 0 Å². The number of benzene rings is 1. The number of nitrogens with zero attached hydrogens (tertiary/aromatic N) is 2. The van der Waals surface area contributed by atoms with Crippen molar-refractivity contribution in [2.24, 2.45) is 13.0 Å². The summed E-state index contributed by atoms with van der Waals surface area (Å²) in [5.74, 6) is 0.624. The minimum Gasteiger partial charge on any atom is -0.383 e. The standard InChI is InChI=1S/C22H31N3O2/c1-5-16(13-27-4)23-22(26)15-9-18-17-7-6-8-19-21(17)14(11-24(19)2)10-20(18)25(3)12-15/h6-8,11,15-16,18,20H,5,9-10,12-13H2,1-4H3,(H,23,26). The predicted molar refractivity (Wildman–Crippen MR) is 108 cm³/mol. The van der Waals surface area contributed by atoms with Gasteiger partial charge in [-0.15, -0.1) is 0 Å². The molecule has 5 nitrogen and oxygen atoms in total. The average Bonchev–Trinajstić information content (AvgIpc) is 2.99. The van der Waals surface area contributed by atoms with Gasteiger partial charge in [-0.1, -0.05) is 19.1 Å². The second kappa shape index (κ2) is 7.28. The van der Waals surface area contributed by atoms with Gasteiger partial charge in [0, 0.05) is 49.8 Å². The molecule has 0 radical (unpaired) electrons. The molecule has 1 aromatic carbocycles. The number of rotatable bonds is 5. The summed E-state index contributed by atoms with van der Waals surface area (Å²) >= 11 is 0. The highest BCUT2D eigenvalue weighted by Crippen LogP contribution is 2.44. The third-order valence-electron chi connectivity index (χ3n) is 6.61. The van der Waals surface area contributed by atoms with Crippen LogP contribution < -0.4 is 5.32 Å². The van der Waals surface area contributed by atoms with Crippen LogP contribution in [0.4, 0.5) is 0 Å². The van der Waals surface area contributed by atoms with E-state index in [1.54, 1.807) is 7.11 Å². The van der Waals surface area contributed by atoms with Crippen molar-refractivity contribution in [3.05, 3.63) is 35.5 Å². The number of ether oxygens (including phenoxy) is 1. The van der Waals surface area contributed by atoms with Gasteiger partial charge in [0.1, 0.15) is 0 Å². The molecule has 2 heterocycles. The molecule has 0 saturated carbocycles. The normalized spacial score (nSPS) is 26.0. The number of carbonyl (C=O) groups is 1. The van der Waals surface area contributed by atoms with E-state index >= 15 is 0 Å². The number of fused-ring (bicyclic) bond motifs is 2. The molecule has 1 aromatic heterocycles. The van der Waals surface area contributed by atoms with Crippen LogP contribution in [0.25, 0.3) is 10.9 Å². The molecule has 2 aromatic rings. The van der Waals surface area contributed by atoms with Crippen molar-refractivity contribution in [2.75, 3.05) is 27.3 Å². The zero-order valence-corrected chi connectivity index (χ0v) is 16.9. The van der Waals surface area contributed by atoms with Gasteiger partial charge in [0.15, 0.2) is 0 Å². The van der Waals surface area contributed by atoms with E-state index < -0.39 is 0 Å².